The molecule has 106 valence electrons. The van der Waals surface area contributed by atoms with Gasteiger partial charge in [0.15, 0.2) is 0 Å². The molecule has 0 saturated heterocycles. The third kappa shape index (κ3) is 3.99. The Hall–Kier alpha value is -1.51. The van der Waals surface area contributed by atoms with Crippen molar-refractivity contribution in [1.29, 1.82) is 0 Å². The largest absolute Gasteiger partial charge is 0.494 e. The van der Waals surface area contributed by atoms with Crippen molar-refractivity contribution in [3.63, 3.8) is 0 Å². The molecule has 1 atom stereocenters. The van der Waals surface area contributed by atoms with Crippen molar-refractivity contribution in [3.8, 4) is 5.75 Å². The van der Waals surface area contributed by atoms with Crippen molar-refractivity contribution in [2.45, 2.75) is 19.3 Å². The Morgan fingerprint density at radius 3 is 2.65 bits per heavy atom. The normalized spacial score (nSPS) is 12.2. The first kappa shape index (κ1) is 14.9. The summed E-state index contributed by atoms with van der Waals surface area (Å²) in [6, 6.07) is 16.1. The highest BCUT2D eigenvalue weighted by Crippen LogP contribution is 2.24. The van der Waals surface area contributed by atoms with Crippen LogP contribution in [-0.2, 0) is 6.42 Å². The predicted molar refractivity (Wildman–Crippen MR) is 84.6 cm³/mol. The molecule has 0 heterocycles. The first-order chi connectivity index (χ1) is 9.72. The van der Waals surface area contributed by atoms with Crippen LogP contribution in [0.25, 0.3) is 0 Å². The lowest BCUT2D eigenvalue weighted by Gasteiger charge is -2.16. The highest BCUT2D eigenvalue weighted by atomic mass is 35.5. The summed E-state index contributed by atoms with van der Waals surface area (Å²) in [6.45, 7) is 3.26. The van der Waals surface area contributed by atoms with Gasteiger partial charge in [0.05, 0.1) is 6.61 Å². The van der Waals surface area contributed by atoms with Gasteiger partial charge in [-0.3, -0.25) is 0 Å². The second kappa shape index (κ2) is 7.32. The smallest absolute Gasteiger partial charge is 0.119 e. The molecule has 2 N–H and O–H groups in total. The Morgan fingerprint density at radius 1 is 1.15 bits per heavy atom. The van der Waals surface area contributed by atoms with Crippen LogP contribution in [0.2, 0.25) is 5.02 Å². The third-order valence-corrected chi connectivity index (χ3v) is 3.53. The summed E-state index contributed by atoms with van der Waals surface area (Å²) < 4.78 is 5.53. The van der Waals surface area contributed by atoms with Crippen molar-refractivity contribution in [2.24, 2.45) is 5.73 Å². The molecule has 0 saturated carbocycles. The Kier molecular flexibility index (Phi) is 5.45. The molecular formula is C17H20ClNO. The fourth-order valence-electron chi connectivity index (χ4n) is 2.31. The van der Waals surface area contributed by atoms with Gasteiger partial charge >= 0.3 is 0 Å². The van der Waals surface area contributed by atoms with Gasteiger partial charge in [0.25, 0.3) is 0 Å². The summed E-state index contributed by atoms with van der Waals surface area (Å²) in [7, 11) is 0. The van der Waals surface area contributed by atoms with Crippen molar-refractivity contribution >= 4 is 11.6 Å². The molecule has 0 amide bonds. The Bertz CT molecular complexity index is 556. The minimum atomic E-state index is 0.269. The van der Waals surface area contributed by atoms with E-state index in [-0.39, 0.29) is 5.92 Å². The van der Waals surface area contributed by atoms with E-state index in [1.165, 1.54) is 11.1 Å². The molecule has 2 rings (SSSR count). The number of hydrogen-bond donors (Lipinski definition) is 1. The van der Waals surface area contributed by atoms with E-state index in [1.807, 2.05) is 37.3 Å². The van der Waals surface area contributed by atoms with Crippen LogP contribution in [0.3, 0.4) is 0 Å². The minimum Gasteiger partial charge on any atom is -0.494 e. The lowest BCUT2D eigenvalue weighted by Crippen LogP contribution is -2.15. The monoisotopic (exact) mass is 289 g/mol. The molecule has 0 aliphatic rings. The van der Waals surface area contributed by atoms with E-state index in [4.69, 9.17) is 22.1 Å². The summed E-state index contributed by atoms with van der Waals surface area (Å²) in [4.78, 5) is 0. The highest BCUT2D eigenvalue weighted by Gasteiger charge is 2.11. The number of rotatable bonds is 6. The number of ether oxygens (including phenoxy) is 1. The van der Waals surface area contributed by atoms with Crippen LogP contribution < -0.4 is 10.5 Å². The van der Waals surface area contributed by atoms with E-state index in [0.29, 0.717) is 13.2 Å². The predicted octanol–water partition coefficient (Wildman–Crippen LogP) is 4.02. The zero-order chi connectivity index (χ0) is 14.4. The Morgan fingerprint density at radius 2 is 1.95 bits per heavy atom. The molecule has 1 unspecified atom stereocenters. The van der Waals surface area contributed by atoms with E-state index in [1.54, 1.807) is 0 Å². The summed E-state index contributed by atoms with van der Waals surface area (Å²) in [5, 5.41) is 0.754. The Labute approximate surface area is 125 Å². The summed E-state index contributed by atoms with van der Waals surface area (Å²) in [6.07, 6.45) is 0.887. The van der Waals surface area contributed by atoms with Gasteiger partial charge in [-0.25, -0.2) is 0 Å². The van der Waals surface area contributed by atoms with Crippen LogP contribution in [0.4, 0.5) is 0 Å². The molecule has 3 heteroatoms. The zero-order valence-electron chi connectivity index (χ0n) is 11.7. The fraction of sp³-hybridized carbons (Fsp3) is 0.294. The van der Waals surface area contributed by atoms with Gasteiger partial charge in [-0.1, -0.05) is 35.9 Å². The SMILES string of the molecule is CCOc1cccc(CC(CN)c2cccc(Cl)c2)c1. The second-order valence-corrected chi connectivity index (χ2v) is 5.21. The van der Waals surface area contributed by atoms with Gasteiger partial charge in [0, 0.05) is 10.9 Å². The zero-order valence-corrected chi connectivity index (χ0v) is 12.4. The average Bonchev–Trinajstić information content (AvgIpc) is 2.45. The van der Waals surface area contributed by atoms with E-state index in [9.17, 15) is 0 Å². The van der Waals surface area contributed by atoms with Gasteiger partial charge in [-0.15, -0.1) is 0 Å². The standard InChI is InChI=1S/C17H20ClNO/c1-2-20-17-8-3-5-13(10-17)9-15(12-19)14-6-4-7-16(18)11-14/h3-8,10-11,15H,2,9,12,19H2,1H3. The van der Waals surface area contributed by atoms with Gasteiger partial charge in [-0.2, -0.15) is 0 Å². The first-order valence-corrected chi connectivity index (χ1v) is 7.28. The van der Waals surface area contributed by atoms with Crippen LogP contribution in [0.15, 0.2) is 48.5 Å². The number of nitrogens with two attached hydrogens (primary N) is 1. The van der Waals surface area contributed by atoms with Crippen LogP contribution in [0, 0.1) is 0 Å². The van der Waals surface area contributed by atoms with E-state index >= 15 is 0 Å². The molecular weight excluding hydrogens is 270 g/mol. The number of benzene rings is 2. The van der Waals surface area contributed by atoms with Crippen LogP contribution in [0.5, 0.6) is 5.75 Å². The molecule has 0 bridgehead atoms. The van der Waals surface area contributed by atoms with Crippen molar-refractivity contribution < 1.29 is 4.74 Å². The second-order valence-electron chi connectivity index (χ2n) is 4.77. The fourth-order valence-corrected chi connectivity index (χ4v) is 2.51. The highest BCUT2D eigenvalue weighted by molar-refractivity contribution is 6.30. The van der Waals surface area contributed by atoms with E-state index in [0.717, 1.165) is 17.2 Å². The first-order valence-electron chi connectivity index (χ1n) is 6.90. The number of hydrogen-bond acceptors (Lipinski definition) is 2. The quantitative estimate of drug-likeness (QED) is 0.871. The summed E-state index contributed by atoms with van der Waals surface area (Å²) in [5.41, 5.74) is 8.34. The molecule has 2 aromatic rings. The molecule has 0 spiro atoms. The van der Waals surface area contributed by atoms with Gasteiger partial charge < -0.3 is 10.5 Å². The van der Waals surface area contributed by atoms with Crippen LogP contribution in [0.1, 0.15) is 24.0 Å². The minimum absolute atomic E-state index is 0.269. The molecule has 0 radical (unpaired) electrons. The molecule has 0 aliphatic heterocycles. The summed E-state index contributed by atoms with van der Waals surface area (Å²) >= 11 is 6.05. The van der Waals surface area contributed by atoms with Crippen molar-refractivity contribution in [2.75, 3.05) is 13.2 Å². The molecule has 0 aliphatic carbocycles. The van der Waals surface area contributed by atoms with Crippen molar-refractivity contribution in [3.05, 3.63) is 64.7 Å². The summed E-state index contributed by atoms with van der Waals surface area (Å²) in [5.74, 6) is 1.18. The van der Waals surface area contributed by atoms with Gasteiger partial charge in [0.2, 0.25) is 0 Å². The Balaban J connectivity index is 2.15. The topological polar surface area (TPSA) is 35.2 Å². The van der Waals surface area contributed by atoms with Gasteiger partial charge in [0.1, 0.15) is 5.75 Å². The van der Waals surface area contributed by atoms with Crippen molar-refractivity contribution in [1.82, 2.24) is 0 Å². The average molecular weight is 290 g/mol. The maximum Gasteiger partial charge on any atom is 0.119 e. The van der Waals surface area contributed by atoms with Gasteiger partial charge in [-0.05, 0) is 55.3 Å². The molecule has 2 nitrogen and oxygen atoms in total. The lowest BCUT2D eigenvalue weighted by atomic mass is 9.92. The molecule has 0 fully saturated rings. The maximum atomic E-state index is 6.05. The van der Waals surface area contributed by atoms with E-state index < -0.39 is 0 Å². The molecule has 0 aromatic heterocycles. The maximum absolute atomic E-state index is 6.05. The third-order valence-electron chi connectivity index (χ3n) is 3.30. The van der Waals surface area contributed by atoms with Crippen LogP contribution in [-0.4, -0.2) is 13.2 Å². The number of halogens is 1. The van der Waals surface area contributed by atoms with E-state index in [2.05, 4.69) is 18.2 Å². The molecule has 20 heavy (non-hydrogen) atoms. The molecule has 2 aromatic carbocycles. The lowest BCUT2D eigenvalue weighted by molar-refractivity contribution is 0.340. The van der Waals surface area contributed by atoms with Crippen LogP contribution >= 0.6 is 11.6 Å².